The van der Waals surface area contributed by atoms with E-state index in [0.717, 1.165) is 15.3 Å². The average molecular weight is 421 g/mol. The van der Waals surface area contributed by atoms with Gasteiger partial charge in [-0.05, 0) is 41.8 Å². The molecule has 0 bridgehead atoms. The third-order valence-electron chi connectivity index (χ3n) is 5.44. The summed E-state index contributed by atoms with van der Waals surface area (Å²) in [6.45, 7) is 1.57. The molecule has 0 spiro atoms. The quantitative estimate of drug-likeness (QED) is 0.653. The van der Waals surface area contributed by atoms with Crippen LogP contribution in [0.1, 0.15) is 29.2 Å². The molecular weight excluding hydrogens is 402 g/mol. The standard InChI is InChI=1S/C22H19N3O4S/c1-14-19(11-23)21(26)25(18-8-9-30(28,29)13-18)22(27)20(14)12-24-17-7-6-15-4-2-3-5-16(15)10-17/h2-7,10,12,18,27H,8-9,13H2,1H3/t18-/m1/s1. The van der Waals surface area contributed by atoms with Gasteiger partial charge in [-0.15, -0.1) is 0 Å². The Morgan fingerprint density at radius 1 is 1.23 bits per heavy atom. The number of benzene rings is 2. The van der Waals surface area contributed by atoms with Crippen molar-refractivity contribution in [3.8, 4) is 11.9 Å². The van der Waals surface area contributed by atoms with Gasteiger partial charge in [-0.1, -0.05) is 30.3 Å². The fourth-order valence-corrected chi connectivity index (χ4v) is 5.51. The van der Waals surface area contributed by atoms with Gasteiger partial charge in [0.1, 0.15) is 11.6 Å². The molecule has 1 aromatic heterocycles. The first-order valence-electron chi connectivity index (χ1n) is 9.42. The molecule has 0 radical (unpaired) electrons. The molecule has 2 aromatic carbocycles. The molecule has 0 unspecified atom stereocenters. The molecule has 8 heteroatoms. The normalized spacial score (nSPS) is 18.1. The van der Waals surface area contributed by atoms with Gasteiger partial charge < -0.3 is 5.11 Å². The summed E-state index contributed by atoms with van der Waals surface area (Å²) in [5.41, 5.74) is 0.368. The molecule has 0 aliphatic carbocycles. The molecule has 1 aliphatic heterocycles. The van der Waals surface area contributed by atoms with E-state index in [4.69, 9.17) is 0 Å². The van der Waals surface area contributed by atoms with Gasteiger partial charge in [0.15, 0.2) is 9.84 Å². The van der Waals surface area contributed by atoms with Crippen molar-refractivity contribution >= 4 is 32.5 Å². The van der Waals surface area contributed by atoms with Gasteiger partial charge in [0.05, 0.1) is 28.8 Å². The number of fused-ring (bicyclic) bond motifs is 1. The number of aliphatic imine (C=N–C) groups is 1. The van der Waals surface area contributed by atoms with Gasteiger partial charge in [-0.25, -0.2) is 8.42 Å². The largest absolute Gasteiger partial charge is 0.494 e. The first-order chi connectivity index (χ1) is 14.3. The SMILES string of the molecule is Cc1c(C=Nc2ccc3ccccc3c2)c(O)n([C@@H]2CCS(=O)(=O)C2)c(=O)c1C#N. The van der Waals surface area contributed by atoms with Crippen LogP contribution in [0.15, 0.2) is 52.3 Å². The molecule has 1 atom stereocenters. The number of hydrogen-bond donors (Lipinski definition) is 1. The molecule has 1 saturated heterocycles. The van der Waals surface area contributed by atoms with Crippen molar-refractivity contribution in [2.75, 3.05) is 11.5 Å². The Hall–Kier alpha value is -3.44. The first-order valence-corrected chi connectivity index (χ1v) is 11.2. The lowest BCUT2D eigenvalue weighted by Gasteiger charge is -2.18. The summed E-state index contributed by atoms with van der Waals surface area (Å²) >= 11 is 0. The molecule has 4 rings (SSSR count). The second-order valence-corrected chi connectivity index (χ2v) is 9.60. The van der Waals surface area contributed by atoms with Crippen LogP contribution in [0.5, 0.6) is 5.88 Å². The number of aromatic nitrogens is 1. The summed E-state index contributed by atoms with van der Waals surface area (Å²) in [7, 11) is -3.28. The van der Waals surface area contributed by atoms with Crippen molar-refractivity contribution in [1.29, 1.82) is 5.26 Å². The second-order valence-electron chi connectivity index (χ2n) is 7.37. The minimum absolute atomic E-state index is 0.0557. The van der Waals surface area contributed by atoms with E-state index in [1.165, 1.54) is 6.21 Å². The van der Waals surface area contributed by atoms with Crippen LogP contribution < -0.4 is 5.56 Å². The molecule has 7 nitrogen and oxygen atoms in total. The number of rotatable bonds is 3. The van der Waals surface area contributed by atoms with E-state index in [1.54, 1.807) is 6.92 Å². The molecule has 1 N–H and O–H groups in total. The van der Waals surface area contributed by atoms with Crippen LogP contribution >= 0.6 is 0 Å². The summed E-state index contributed by atoms with van der Waals surface area (Å²) in [4.78, 5) is 17.2. The zero-order valence-electron chi connectivity index (χ0n) is 16.2. The highest BCUT2D eigenvalue weighted by atomic mass is 32.2. The van der Waals surface area contributed by atoms with E-state index in [0.29, 0.717) is 11.3 Å². The smallest absolute Gasteiger partial charge is 0.271 e. The molecular formula is C22H19N3O4S. The third kappa shape index (κ3) is 3.48. The maximum absolute atomic E-state index is 12.8. The average Bonchev–Trinajstić information content (AvgIpc) is 3.07. The van der Waals surface area contributed by atoms with E-state index in [-0.39, 0.29) is 34.9 Å². The predicted molar refractivity (Wildman–Crippen MR) is 115 cm³/mol. The molecule has 0 amide bonds. The molecule has 2 heterocycles. The Bertz CT molecular complexity index is 1400. The van der Waals surface area contributed by atoms with Crippen molar-refractivity contribution in [3.63, 3.8) is 0 Å². The van der Waals surface area contributed by atoms with Crippen LogP contribution in [0.2, 0.25) is 0 Å². The maximum atomic E-state index is 12.8. The lowest BCUT2D eigenvalue weighted by molar-refractivity contribution is 0.379. The zero-order chi connectivity index (χ0) is 21.5. The van der Waals surface area contributed by atoms with E-state index in [2.05, 4.69) is 4.99 Å². The number of nitrogens with zero attached hydrogens (tertiary/aromatic N) is 3. The summed E-state index contributed by atoms with van der Waals surface area (Å²) < 4.78 is 24.8. The fourth-order valence-electron chi connectivity index (χ4n) is 3.81. The van der Waals surface area contributed by atoms with Crippen LogP contribution in [0.25, 0.3) is 10.8 Å². The number of pyridine rings is 1. The van der Waals surface area contributed by atoms with Crippen molar-refractivity contribution in [1.82, 2.24) is 4.57 Å². The summed E-state index contributed by atoms with van der Waals surface area (Å²) in [6, 6.07) is 14.7. The molecule has 1 fully saturated rings. The highest BCUT2D eigenvalue weighted by Crippen LogP contribution is 2.30. The van der Waals surface area contributed by atoms with E-state index >= 15 is 0 Å². The maximum Gasteiger partial charge on any atom is 0.271 e. The lowest BCUT2D eigenvalue weighted by atomic mass is 10.0. The zero-order valence-corrected chi connectivity index (χ0v) is 17.1. The van der Waals surface area contributed by atoms with Gasteiger partial charge in [0.25, 0.3) is 5.56 Å². The van der Waals surface area contributed by atoms with Crippen LogP contribution in [0.4, 0.5) is 5.69 Å². The second kappa shape index (κ2) is 7.43. The predicted octanol–water partition coefficient (Wildman–Crippen LogP) is 3.00. The molecule has 3 aromatic rings. The van der Waals surface area contributed by atoms with Crippen LogP contribution in [0.3, 0.4) is 0 Å². The summed E-state index contributed by atoms with van der Waals surface area (Å²) in [5, 5.41) is 22.4. The van der Waals surface area contributed by atoms with Gasteiger partial charge in [0.2, 0.25) is 5.88 Å². The Kier molecular flexibility index (Phi) is 4.92. The van der Waals surface area contributed by atoms with Crippen LogP contribution in [-0.2, 0) is 9.84 Å². The summed E-state index contributed by atoms with van der Waals surface area (Å²) in [5.74, 6) is -0.668. The molecule has 152 valence electrons. The summed E-state index contributed by atoms with van der Waals surface area (Å²) in [6.07, 6.45) is 1.62. The molecule has 30 heavy (non-hydrogen) atoms. The van der Waals surface area contributed by atoms with Crippen molar-refractivity contribution in [2.45, 2.75) is 19.4 Å². The highest BCUT2D eigenvalue weighted by molar-refractivity contribution is 7.91. The Morgan fingerprint density at radius 3 is 2.63 bits per heavy atom. The number of sulfone groups is 1. The first kappa shape index (κ1) is 19.9. The topological polar surface area (TPSA) is 113 Å². The fraction of sp³-hybridized carbons (Fsp3) is 0.227. The van der Waals surface area contributed by atoms with Crippen LogP contribution in [0, 0.1) is 18.3 Å². The van der Waals surface area contributed by atoms with Crippen molar-refractivity contribution < 1.29 is 13.5 Å². The van der Waals surface area contributed by atoms with Gasteiger partial charge in [0, 0.05) is 6.21 Å². The highest BCUT2D eigenvalue weighted by Gasteiger charge is 2.33. The third-order valence-corrected chi connectivity index (χ3v) is 7.19. The van der Waals surface area contributed by atoms with Crippen molar-refractivity contribution in [2.24, 2.45) is 4.99 Å². The van der Waals surface area contributed by atoms with E-state index < -0.39 is 21.4 Å². The Morgan fingerprint density at radius 2 is 1.97 bits per heavy atom. The minimum atomic E-state index is -3.28. The van der Waals surface area contributed by atoms with E-state index in [1.807, 2.05) is 48.5 Å². The van der Waals surface area contributed by atoms with Crippen LogP contribution in [-0.4, -0.2) is 35.8 Å². The number of aromatic hydroxyl groups is 1. The van der Waals surface area contributed by atoms with Gasteiger partial charge in [-0.2, -0.15) is 5.26 Å². The van der Waals surface area contributed by atoms with Gasteiger partial charge >= 0.3 is 0 Å². The van der Waals surface area contributed by atoms with E-state index in [9.17, 15) is 23.6 Å². The number of hydrogen-bond acceptors (Lipinski definition) is 6. The van der Waals surface area contributed by atoms with Crippen molar-refractivity contribution in [3.05, 3.63) is 69.5 Å². The Balaban J connectivity index is 1.82. The molecule has 1 aliphatic rings. The lowest BCUT2D eigenvalue weighted by Crippen LogP contribution is -2.29. The van der Waals surface area contributed by atoms with Gasteiger partial charge in [-0.3, -0.25) is 14.4 Å². The number of nitriles is 1. The monoisotopic (exact) mass is 421 g/mol. The Labute approximate surface area is 173 Å². The molecule has 0 saturated carbocycles. The minimum Gasteiger partial charge on any atom is -0.494 e.